The first kappa shape index (κ1) is 23.0. The van der Waals surface area contributed by atoms with Crippen LogP contribution in [0.15, 0.2) is 38.1 Å². The lowest BCUT2D eigenvalue weighted by atomic mass is 10.0. The van der Waals surface area contributed by atoms with Crippen molar-refractivity contribution in [2.24, 2.45) is 0 Å². The van der Waals surface area contributed by atoms with E-state index in [1.54, 1.807) is 17.5 Å². The van der Waals surface area contributed by atoms with Gasteiger partial charge in [0.2, 0.25) is 11.1 Å². The van der Waals surface area contributed by atoms with Crippen LogP contribution in [0, 0.1) is 0 Å². The van der Waals surface area contributed by atoms with Gasteiger partial charge in [-0.05, 0) is 17.0 Å². The number of nitrogens with zero attached hydrogens (tertiary/aromatic N) is 3. The first-order valence-corrected chi connectivity index (χ1v) is 13.8. The summed E-state index contributed by atoms with van der Waals surface area (Å²) in [5, 5.41) is 21.1. The maximum absolute atomic E-state index is 12.7. The Balaban J connectivity index is 1.40. The fraction of sp³-hybridized carbons (Fsp3) is 0.389. The van der Waals surface area contributed by atoms with E-state index in [1.165, 1.54) is 39.8 Å². The van der Waals surface area contributed by atoms with Crippen molar-refractivity contribution >= 4 is 63.4 Å². The number of β-lactam (4-membered cyclic amide) rings is 1. The number of aryl methyl sites for hydroxylation is 1. The van der Waals surface area contributed by atoms with Gasteiger partial charge < -0.3 is 10.4 Å². The third-order valence-electron chi connectivity index (χ3n) is 4.77. The maximum atomic E-state index is 12.7. The fourth-order valence-corrected chi connectivity index (χ4v) is 7.46. The number of aliphatic carboxylic acids is 1. The minimum Gasteiger partial charge on any atom is -0.477 e. The summed E-state index contributed by atoms with van der Waals surface area (Å²) in [6, 6.07) is 2.60. The predicted molar refractivity (Wildman–Crippen MR) is 122 cm³/mol. The van der Waals surface area contributed by atoms with Crippen LogP contribution in [0.4, 0.5) is 0 Å². The van der Waals surface area contributed by atoms with Gasteiger partial charge in [-0.3, -0.25) is 23.8 Å². The van der Waals surface area contributed by atoms with Crippen molar-refractivity contribution in [1.82, 2.24) is 25.4 Å². The number of rotatable bonds is 9. The molecule has 0 aliphatic carbocycles. The molecule has 2 aliphatic rings. The highest BCUT2D eigenvalue weighted by atomic mass is 32.2. The molecule has 3 N–H and O–H groups in total. The number of carboxylic acid groups (broad SMARTS) is 1. The van der Waals surface area contributed by atoms with Crippen LogP contribution in [0.1, 0.15) is 12.7 Å². The van der Waals surface area contributed by atoms with Crippen LogP contribution in [-0.2, 0) is 31.6 Å². The quantitative estimate of drug-likeness (QED) is 0.331. The highest BCUT2D eigenvalue weighted by molar-refractivity contribution is 8.01. The molecule has 0 radical (unpaired) electrons. The number of carbonyl (C=O) groups is 3. The zero-order valence-electron chi connectivity index (χ0n) is 16.8. The molecule has 2 amide bonds. The molecule has 4 rings (SSSR count). The Morgan fingerprint density at radius 2 is 2.28 bits per heavy atom. The van der Waals surface area contributed by atoms with Gasteiger partial charge in [-0.15, -0.1) is 28.2 Å². The highest BCUT2D eigenvalue weighted by Crippen LogP contribution is 2.41. The van der Waals surface area contributed by atoms with Gasteiger partial charge in [-0.2, -0.15) is 0 Å². The third kappa shape index (κ3) is 4.63. The van der Waals surface area contributed by atoms with Gasteiger partial charge in [0.1, 0.15) is 28.7 Å². The Hall–Kier alpha value is -2.16. The molecule has 2 unspecified atom stereocenters. The van der Waals surface area contributed by atoms with Crippen molar-refractivity contribution in [1.29, 1.82) is 0 Å². The van der Waals surface area contributed by atoms with Gasteiger partial charge in [0.05, 0.1) is 15.0 Å². The van der Waals surface area contributed by atoms with Crippen molar-refractivity contribution in [3.8, 4) is 0 Å². The number of hydrogen-bond acceptors (Lipinski definition) is 9. The molecule has 0 spiro atoms. The third-order valence-corrected chi connectivity index (χ3v) is 9.66. The van der Waals surface area contributed by atoms with E-state index in [-0.39, 0.29) is 11.4 Å². The Labute approximate surface area is 198 Å². The van der Waals surface area contributed by atoms with E-state index in [0.717, 1.165) is 5.82 Å². The first-order chi connectivity index (χ1) is 15.4. The summed E-state index contributed by atoms with van der Waals surface area (Å²) in [6.07, 6.45) is 0.713. The van der Waals surface area contributed by atoms with Gasteiger partial charge in [0.25, 0.3) is 5.91 Å². The molecule has 2 aromatic rings. The topological polar surface area (TPSA) is 145 Å². The number of amides is 2. The van der Waals surface area contributed by atoms with Crippen LogP contribution in [0.25, 0.3) is 0 Å². The molecule has 14 heteroatoms. The normalized spacial score (nSPS) is 21.2. The molecule has 0 saturated carbocycles. The summed E-state index contributed by atoms with van der Waals surface area (Å²) in [4.78, 5) is 42.5. The number of thiophene rings is 1. The van der Waals surface area contributed by atoms with E-state index in [9.17, 15) is 23.7 Å². The van der Waals surface area contributed by atoms with Crippen LogP contribution in [-0.4, -0.2) is 75.9 Å². The second-order valence-corrected chi connectivity index (χ2v) is 11.5. The number of thioether (sulfide) groups is 2. The van der Waals surface area contributed by atoms with Gasteiger partial charge in [0.15, 0.2) is 0 Å². The van der Waals surface area contributed by atoms with Crippen LogP contribution >= 0.6 is 34.9 Å². The Morgan fingerprint density at radius 3 is 2.94 bits per heavy atom. The molecule has 3 atom stereocenters. The molecule has 2 aliphatic heterocycles. The van der Waals surface area contributed by atoms with E-state index in [0.29, 0.717) is 32.9 Å². The van der Waals surface area contributed by atoms with Crippen molar-refractivity contribution < 1.29 is 23.7 Å². The average Bonchev–Trinajstić information content (AvgIpc) is 3.47. The Morgan fingerprint density at radius 1 is 1.47 bits per heavy atom. The SMILES string of the molecule is CCc1nc(SCC2=C(C(=O)O)N3C(=O)C(NC(=O)CS(=O)c4cccs4)[C@H]3SC2)n[nH]1. The number of nitrogens with one attached hydrogen (secondary N) is 2. The zero-order valence-corrected chi connectivity index (χ0v) is 20.0. The number of aromatic nitrogens is 3. The summed E-state index contributed by atoms with van der Waals surface area (Å²) in [6.45, 7) is 1.95. The number of carboxylic acids is 1. The van der Waals surface area contributed by atoms with E-state index in [4.69, 9.17) is 0 Å². The molecule has 2 aromatic heterocycles. The van der Waals surface area contributed by atoms with E-state index < -0.39 is 40.0 Å². The minimum atomic E-state index is -1.48. The minimum absolute atomic E-state index is 0.0508. The highest BCUT2D eigenvalue weighted by Gasteiger charge is 2.54. The summed E-state index contributed by atoms with van der Waals surface area (Å²) in [5.41, 5.74) is 0.550. The summed E-state index contributed by atoms with van der Waals surface area (Å²) >= 11 is 3.99. The predicted octanol–water partition coefficient (Wildman–Crippen LogP) is 1.07. The summed E-state index contributed by atoms with van der Waals surface area (Å²) < 4.78 is 12.8. The smallest absolute Gasteiger partial charge is 0.352 e. The molecule has 1 fully saturated rings. The monoisotopic (exact) mass is 513 g/mol. The molecular weight excluding hydrogens is 494 g/mol. The average molecular weight is 514 g/mol. The lowest BCUT2D eigenvalue weighted by molar-refractivity contribution is -0.150. The largest absolute Gasteiger partial charge is 0.477 e. The van der Waals surface area contributed by atoms with Crippen molar-refractivity contribution in [3.63, 3.8) is 0 Å². The molecule has 32 heavy (non-hydrogen) atoms. The first-order valence-electron chi connectivity index (χ1n) is 9.54. The van der Waals surface area contributed by atoms with Gasteiger partial charge in [-0.25, -0.2) is 9.78 Å². The van der Waals surface area contributed by atoms with Crippen LogP contribution in [0.5, 0.6) is 0 Å². The molecule has 170 valence electrons. The number of H-pyrrole nitrogens is 1. The molecule has 4 heterocycles. The Kier molecular flexibility index (Phi) is 7.02. The summed E-state index contributed by atoms with van der Waals surface area (Å²) in [5.74, 6) is -0.939. The fourth-order valence-electron chi connectivity index (χ4n) is 3.24. The van der Waals surface area contributed by atoms with E-state index in [1.807, 2.05) is 6.92 Å². The molecule has 0 bridgehead atoms. The second-order valence-electron chi connectivity index (χ2n) is 6.84. The number of hydrogen-bond donors (Lipinski definition) is 3. The van der Waals surface area contributed by atoms with Crippen LogP contribution in [0.2, 0.25) is 0 Å². The van der Waals surface area contributed by atoms with Crippen molar-refractivity contribution in [2.75, 3.05) is 17.3 Å². The molecule has 0 aromatic carbocycles. The Bertz CT molecular complexity index is 1100. The lowest BCUT2D eigenvalue weighted by Crippen LogP contribution is -2.70. The summed E-state index contributed by atoms with van der Waals surface area (Å²) in [7, 11) is -1.48. The van der Waals surface area contributed by atoms with E-state index >= 15 is 0 Å². The van der Waals surface area contributed by atoms with Crippen LogP contribution in [0.3, 0.4) is 0 Å². The zero-order chi connectivity index (χ0) is 22.8. The maximum Gasteiger partial charge on any atom is 0.352 e. The molecule has 10 nitrogen and oxygen atoms in total. The number of carbonyl (C=O) groups excluding carboxylic acids is 2. The van der Waals surface area contributed by atoms with Crippen molar-refractivity contribution in [3.05, 3.63) is 34.6 Å². The number of aromatic amines is 1. The van der Waals surface area contributed by atoms with Gasteiger partial charge in [0, 0.05) is 17.9 Å². The lowest BCUT2D eigenvalue weighted by Gasteiger charge is -2.49. The van der Waals surface area contributed by atoms with E-state index in [2.05, 4.69) is 20.5 Å². The van der Waals surface area contributed by atoms with Gasteiger partial charge >= 0.3 is 5.97 Å². The van der Waals surface area contributed by atoms with Crippen LogP contribution < -0.4 is 5.32 Å². The van der Waals surface area contributed by atoms with Gasteiger partial charge in [-0.1, -0.05) is 24.8 Å². The van der Waals surface area contributed by atoms with Crippen molar-refractivity contribution in [2.45, 2.75) is 34.1 Å². The number of fused-ring (bicyclic) bond motifs is 1. The molecule has 1 saturated heterocycles. The standard InChI is InChI=1S/C18H19N5O5S4/c1-2-10-19-18(22-21-10)31-7-9-6-30-16-13(15(25)23(16)14(9)17(26)27)20-11(24)8-32(28)12-4-3-5-29-12/h3-5,13,16H,2,6-8H2,1H3,(H,20,24)(H,26,27)(H,19,21,22)/t13?,16-,32?/m1/s1. The second kappa shape index (κ2) is 9.77. The molecular formula is C18H19N5O5S4.